The van der Waals surface area contributed by atoms with E-state index in [-0.39, 0.29) is 17.6 Å². The first-order valence-electron chi connectivity index (χ1n) is 17.8. The van der Waals surface area contributed by atoms with Crippen LogP contribution in [0.4, 0.5) is 0 Å². The number of carbonyl (C=O) groups is 1. The molecule has 8 heteroatoms. The third kappa shape index (κ3) is 8.12. The summed E-state index contributed by atoms with van der Waals surface area (Å²) in [7, 11) is 1.67. The SMILES string of the molecule is CCCCCN(CCCCC)C(=O)c1cccc(Oc2cc(C)cc3cc4c(c(-c5cccc(Sc6cccc(OC)c6)c5)c23)C(=N)NC4=N)c1. The Balaban J connectivity index is 1.42. The summed E-state index contributed by atoms with van der Waals surface area (Å²) in [6.07, 6.45) is 6.40. The van der Waals surface area contributed by atoms with Crippen LogP contribution in [0.25, 0.3) is 21.9 Å². The van der Waals surface area contributed by atoms with Crippen molar-refractivity contribution in [3.63, 3.8) is 0 Å². The van der Waals surface area contributed by atoms with Crippen molar-refractivity contribution in [2.75, 3.05) is 20.2 Å². The molecule has 0 spiro atoms. The van der Waals surface area contributed by atoms with Crippen LogP contribution in [0.15, 0.2) is 101 Å². The monoisotopic (exact) mass is 698 g/mol. The summed E-state index contributed by atoms with van der Waals surface area (Å²) >= 11 is 1.64. The quantitative estimate of drug-likeness (QED) is 0.0945. The zero-order valence-corrected chi connectivity index (χ0v) is 30.7. The summed E-state index contributed by atoms with van der Waals surface area (Å²) in [5.74, 6) is 2.42. The molecular formula is C43H46N4O3S. The van der Waals surface area contributed by atoms with E-state index in [0.717, 1.165) is 94.6 Å². The van der Waals surface area contributed by atoms with Gasteiger partial charge in [0.15, 0.2) is 0 Å². The first-order chi connectivity index (χ1) is 24.8. The first kappa shape index (κ1) is 35.7. The van der Waals surface area contributed by atoms with Crippen LogP contribution in [0.2, 0.25) is 0 Å². The number of hydrogen-bond acceptors (Lipinski definition) is 6. The third-order valence-electron chi connectivity index (χ3n) is 9.17. The predicted molar refractivity (Wildman–Crippen MR) is 210 cm³/mol. The van der Waals surface area contributed by atoms with Crippen molar-refractivity contribution in [3.8, 4) is 28.4 Å². The molecule has 0 saturated carbocycles. The molecule has 0 aromatic heterocycles. The second-order valence-corrected chi connectivity index (χ2v) is 14.2. The summed E-state index contributed by atoms with van der Waals surface area (Å²) in [5, 5.41) is 22.3. The number of unbranched alkanes of at least 4 members (excludes halogenated alkanes) is 4. The molecule has 0 bridgehead atoms. The van der Waals surface area contributed by atoms with Gasteiger partial charge in [-0.05, 0) is 96.9 Å². The summed E-state index contributed by atoms with van der Waals surface area (Å²) in [6, 6.07) is 29.8. The normalized spacial score (nSPS) is 12.2. The number of aryl methyl sites for hydroxylation is 1. The Kier molecular flexibility index (Phi) is 11.4. The molecule has 5 aromatic rings. The zero-order valence-electron chi connectivity index (χ0n) is 29.9. The number of ether oxygens (including phenoxy) is 2. The molecule has 7 nitrogen and oxygen atoms in total. The van der Waals surface area contributed by atoms with E-state index in [0.29, 0.717) is 28.2 Å². The van der Waals surface area contributed by atoms with Gasteiger partial charge in [0.05, 0.1) is 7.11 Å². The molecule has 3 N–H and O–H groups in total. The number of rotatable bonds is 15. The van der Waals surface area contributed by atoms with Crippen LogP contribution in [0.3, 0.4) is 0 Å². The second kappa shape index (κ2) is 16.3. The van der Waals surface area contributed by atoms with E-state index in [2.05, 4.69) is 49.5 Å². The molecule has 0 atom stereocenters. The number of nitrogens with one attached hydrogen (secondary N) is 3. The minimum absolute atomic E-state index is 0.0312. The fourth-order valence-electron chi connectivity index (χ4n) is 6.67. The van der Waals surface area contributed by atoms with Gasteiger partial charge in [-0.25, -0.2) is 0 Å². The lowest BCUT2D eigenvalue weighted by atomic mass is 9.89. The van der Waals surface area contributed by atoms with Crippen molar-refractivity contribution in [3.05, 3.63) is 113 Å². The largest absolute Gasteiger partial charge is 0.497 e. The number of fused-ring (bicyclic) bond motifs is 2. The predicted octanol–water partition coefficient (Wildman–Crippen LogP) is 10.8. The van der Waals surface area contributed by atoms with E-state index in [1.54, 1.807) is 18.9 Å². The van der Waals surface area contributed by atoms with E-state index in [1.807, 2.05) is 72.5 Å². The van der Waals surface area contributed by atoms with Gasteiger partial charge < -0.3 is 19.7 Å². The standard InChI is InChI=1S/C43H46N4O3S/c1-5-7-9-20-47(21-10-8-6-2)43(48)30-15-11-17-33(24-30)50-37-23-28(3)22-31-26-36-40(42(45)46-41(36)44)39(38(31)37)29-14-12-18-34(25-29)51-35-19-13-16-32(27-35)49-4/h11-19,22-27H,5-10,20-21H2,1-4H3,(H3,44,45,46). The Morgan fingerprint density at radius 1 is 0.765 bits per heavy atom. The number of methoxy groups -OCH3 is 1. The van der Waals surface area contributed by atoms with E-state index < -0.39 is 0 Å². The molecule has 1 amide bonds. The Morgan fingerprint density at radius 2 is 1.45 bits per heavy atom. The van der Waals surface area contributed by atoms with Crippen molar-refractivity contribution in [2.45, 2.75) is 69.1 Å². The Labute approximate surface area is 305 Å². The Morgan fingerprint density at radius 3 is 2.18 bits per heavy atom. The summed E-state index contributed by atoms with van der Waals surface area (Å²) < 4.78 is 12.2. The van der Waals surface area contributed by atoms with Gasteiger partial charge in [0.25, 0.3) is 5.91 Å². The Bertz CT molecular complexity index is 2080. The molecule has 6 rings (SSSR count). The number of amides is 1. The minimum Gasteiger partial charge on any atom is -0.497 e. The van der Waals surface area contributed by atoms with Crippen molar-refractivity contribution in [1.82, 2.24) is 10.2 Å². The van der Waals surface area contributed by atoms with Crippen LogP contribution in [-0.4, -0.2) is 42.7 Å². The van der Waals surface area contributed by atoms with Gasteiger partial charge in [0.2, 0.25) is 0 Å². The molecule has 0 fully saturated rings. The van der Waals surface area contributed by atoms with Crippen LogP contribution in [0.5, 0.6) is 17.2 Å². The van der Waals surface area contributed by atoms with Gasteiger partial charge >= 0.3 is 0 Å². The minimum atomic E-state index is 0.0312. The highest BCUT2D eigenvalue weighted by atomic mass is 32.2. The summed E-state index contributed by atoms with van der Waals surface area (Å²) in [6.45, 7) is 7.90. The van der Waals surface area contributed by atoms with Crippen molar-refractivity contribution >= 4 is 40.1 Å². The van der Waals surface area contributed by atoms with Crippen LogP contribution < -0.4 is 14.8 Å². The fraction of sp³-hybridized carbons (Fsp3) is 0.279. The van der Waals surface area contributed by atoms with Crippen molar-refractivity contribution in [2.24, 2.45) is 0 Å². The van der Waals surface area contributed by atoms with Gasteiger partial charge in [0, 0.05) is 50.5 Å². The summed E-state index contributed by atoms with van der Waals surface area (Å²) in [5.41, 5.74) is 4.71. The van der Waals surface area contributed by atoms with E-state index >= 15 is 0 Å². The average molecular weight is 699 g/mol. The number of nitrogens with zero attached hydrogens (tertiary/aromatic N) is 1. The van der Waals surface area contributed by atoms with Gasteiger partial charge in [0.1, 0.15) is 28.9 Å². The van der Waals surface area contributed by atoms with E-state index in [4.69, 9.17) is 20.3 Å². The lowest BCUT2D eigenvalue weighted by molar-refractivity contribution is 0.0749. The van der Waals surface area contributed by atoms with Gasteiger partial charge in [-0.15, -0.1) is 0 Å². The van der Waals surface area contributed by atoms with E-state index in [1.165, 1.54) is 0 Å². The number of hydrogen-bond donors (Lipinski definition) is 3. The number of amidine groups is 2. The Hall–Kier alpha value is -5.08. The van der Waals surface area contributed by atoms with E-state index in [9.17, 15) is 4.79 Å². The maximum atomic E-state index is 13.8. The van der Waals surface area contributed by atoms with Crippen molar-refractivity contribution in [1.29, 1.82) is 10.8 Å². The molecule has 1 aliphatic heterocycles. The van der Waals surface area contributed by atoms with Crippen LogP contribution in [-0.2, 0) is 0 Å². The van der Waals surface area contributed by atoms with Crippen LogP contribution >= 0.6 is 11.8 Å². The van der Waals surface area contributed by atoms with Gasteiger partial charge in [-0.3, -0.25) is 15.6 Å². The topological polar surface area (TPSA) is 98.5 Å². The molecule has 1 aliphatic rings. The highest BCUT2D eigenvalue weighted by molar-refractivity contribution is 7.99. The molecular weight excluding hydrogens is 653 g/mol. The molecule has 1 heterocycles. The summed E-state index contributed by atoms with van der Waals surface area (Å²) in [4.78, 5) is 17.9. The molecule has 0 radical (unpaired) electrons. The average Bonchev–Trinajstić information content (AvgIpc) is 3.41. The number of benzene rings is 5. The van der Waals surface area contributed by atoms with Gasteiger partial charge in [-0.1, -0.05) is 81.6 Å². The molecule has 0 aliphatic carbocycles. The van der Waals surface area contributed by atoms with Crippen LogP contribution in [0.1, 0.15) is 79.4 Å². The molecule has 51 heavy (non-hydrogen) atoms. The lowest BCUT2D eigenvalue weighted by Crippen LogP contribution is -2.33. The fourth-order valence-corrected chi connectivity index (χ4v) is 7.59. The maximum absolute atomic E-state index is 13.8. The molecule has 0 saturated heterocycles. The molecule has 5 aromatic carbocycles. The highest BCUT2D eigenvalue weighted by Gasteiger charge is 2.29. The molecule has 0 unspecified atom stereocenters. The highest BCUT2D eigenvalue weighted by Crippen LogP contribution is 2.44. The van der Waals surface area contributed by atoms with Crippen LogP contribution in [0, 0.1) is 17.7 Å². The first-order valence-corrected chi connectivity index (χ1v) is 18.7. The maximum Gasteiger partial charge on any atom is 0.253 e. The van der Waals surface area contributed by atoms with Crippen molar-refractivity contribution < 1.29 is 14.3 Å². The second-order valence-electron chi connectivity index (χ2n) is 13.1. The number of carbonyl (C=O) groups excluding carboxylic acids is 1. The lowest BCUT2D eigenvalue weighted by Gasteiger charge is -2.23. The zero-order chi connectivity index (χ0) is 35.9. The third-order valence-corrected chi connectivity index (χ3v) is 10.2. The van der Waals surface area contributed by atoms with Gasteiger partial charge in [-0.2, -0.15) is 0 Å². The smallest absolute Gasteiger partial charge is 0.253 e. The molecule has 262 valence electrons.